The minimum absolute atomic E-state index is 0.247. The molecule has 0 radical (unpaired) electrons. The van der Waals surface area contributed by atoms with Crippen molar-refractivity contribution in [3.63, 3.8) is 0 Å². The fourth-order valence-electron chi connectivity index (χ4n) is 1.84. The summed E-state index contributed by atoms with van der Waals surface area (Å²) < 4.78 is 20.1. The van der Waals surface area contributed by atoms with Crippen LogP contribution in [0.1, 0.15) is 22.9 Å². The highest BCUT2D eigenvalue weighted by atomic mass is 79.9. The molecule has 1 N–H and O–H groups in total. The Labute approximate surface area is 108 Å². The highest BCUT2D eigenvalue weighted by Crippen LogP contribution is 2.29. The molecule has 1 aromatic heterocycles. The smallest absolute Gasteiger partial charge is 0.128 e. The van der Waals surface area contributed by atoms with Gasteiger partial charge in [0, 0.05) is 10.0 Å². The summed E-state index contributed by atoms with van der Waals surface area (Å²) in [5.74, 6) is 0.493. The Hall–Kier alpha value is -1.13. The van der Waals surface area contributed by atoms with E-state index in [1.165, 1.54) is 6.07 Å². The van der Waals surface area contributed by atoms with E-state index >= 15 is 0 Å². The van der Waals surface area contributed by atoms with Crippen molar-refractivity contribution < 1.29 is 8.81 Å². The molecular weight excluding hydrogens is 285 g/mol. The maximum Gasteiger partial charge on any atom is 0.128 e. The highest BCUT2D eigenvalue weighted by molar-refractivity contribution is 9.10. The van der Waals surface area contributed by atoms with Crippen LogP contribution >= 0.6 is 15.9 Å². The molecule has 2 nitrogen and oxygen atoms in total. The van der Waals surface area contributed by atoms with Crippen LogP contribution in [-0.4, -0.2) is 7.05 Å². The maximum absolute atomic E-state index is 13.8. The van der Waals surface area contributed by atoms with Gasteiger partial charge in [-0.15, -0.1) is 0 Å². The number of hydrogen-bond donors (Lipinski definition) is 1. The summed E-state index contributed by atoms with van der Waals surface area (Å²) >= 11 is 3.35. The molecule has 0 aliphatic carbocycles. The van der Waals surface area contributed by atoms with E-state index in [1.54, 1.807) is 25.4 Å². The van der Waals surface area contributed by atoms with E-state index < -0.39 is 0 Å². The van der Waals surface area contributed by atoms with Gasteiger partial charge in [0.15, 0.2) is 0 Å². The number of aryl methyl sites for hydroxylation is 1. The monoisotopic (exact) mass is 297 g/mol. The molecule has 4 heteroatoms. The Morgan fingerprint density at radius 1 is 1.35 bits per heavy atom. The van der Waals surface area contributed by atoms with E-state index in [0.29, 0.717) is 5.56 Å². The first-order chi connectivity index (χ1) is 8.13. The quantitative estimate of drug-likeness (QED) is 0.932. The Kier molecular flexibility index (Phi) is 3.64. The number of nitrogens with one attached hydrogen (secondary N) is 1. The van der Waals surface area contributed by atoms with E-state index in [-0.39, 0.29) is 11.9 Å². The van der Waals surface area contributed by atoms with Gasteiger partial charge in [-0.05, 0) is 43.8 Å². The molecule has 1 heterocycles. The summed E-state index contributed by atoms with van der Waals surface area (Å²) in [7, 11) is 1.78. The van der Waals surface area contributed by atoms with Crippen LogP contribution < -0.4 is 5.32 Å². The van der Waals surface area contributed by atoms with Gasteiger partial charge in [-0.2, -0.15) is 0 Å². The first-order valence-electron chi connectivity index (χ1n) is 5.29. The van der Waals surface area contributed by atoms with Crippen molar-refractivity contribution in [2.75, 3.05) is 7.05 Å². The number of hydrogen-bond acceptors (Lipinski definition) is 2. The van der Waals surface area contributed by atoms with E-state index in [1.807, 2.05) is 13.0 Å². The fraction of sp³-hybridized carbons (Fsp3) is 0.231. The topological polar surface area (TPSA) is 25.2 Å². The van der Waals surface area contributed by atoms with Crippen molar-refractivity contribution >= 4 is 15.9 Å². The predicted molar refractivity (Wildman–Crippen MR) is 68.4 cm³/mol. The third kappa shape index (κ3) is 2.42. The van der Waals surface area contributed by atoms with E-state index in [9.17, 15) is 4.39 Å². The van der Waals surface area contributed by atoms with E-state index in [4.69, 9.17) is 4.42 Å². The third-order valence-corrected chi connectivity index (χ3v) is 3.21. The van der Waals surface area contributed by atoms with Gasteiger partial charge in [0.05, 0.1) is 12.3 Å². The largest absolute Gasteiger partial charge is 0.467 e. The molecule has 0 saturated heterocycles. The van der Waals surface area contributed by atoms with Crippen molar-refractivity contribution in [2.45, 2.75) is 13.0 Å². The van der Waals surface area contributed by atoms with Crippen molar-refractivity contribution in [3.05, 3.63) is 57.7 Å². The summed E-state index contributed by atoms with van der Waals surface area (Å²) in [5.41, 5.74) is 1.57. The minimum atomic E-state index is -0.275. The minimum Gasteiger partial charge on any atom is -0.467 e. The van der Waals surface area contributed by atoms with Gasteiger partial charge in [0.2, 0.25) is 0 Å². The average Bonchev–Trinajstić information content (AvgIpc) is 2.71. The summed E-state index contributed by atoms with van der Waals surface area (Å²) in [6.07, 6.45) is 1.62. The molecule has 0 fully saturated rings. The second kappa shape index (κ2) is 5.02. The summed E-state index contributed by atoms with van der Waals surface area (Å²) in [5, 5.41) is 3.08. The van der Waals surface area contributed by atoms with Gasteiger partial charge in [0.25, 0.3) is 0 Å². The number of halogens is 2. The molecule has 1 atom stereocenters. The lowest BCUT2D eigenvalue weighted by Crippen LogP contribution is -2.19. The Morgan fingerprint density at radius 3 is 2.71 bits per heavy atom. The van der Waals surface area contributed by atoms with Gasteiger partial charge in [-0.1, -0.05) is 15.9 Å². The Morgan fingerprint density at radius 2 is 2.12 bits per heavy atom. The molecule has 0 aliphatic heterocycles. The summed E-state index contributed by atoms with van der Waals surface area (Å²) in [6, 6.07) is 6.49. The molecule has 0 spiro atoms. The lowest BCUT2D eigenvalue weighted by molar-refractivity contribution is 0.450. The Balaban J connectivity index is 2.49. The van der Waals surface area contributed by atoms with Crippen molar-refractivity contribution in [2.24, 2.45) is 0 Å². The van der Waals surface area contributed by atoms with Crippen LogP contribution in [0.3, 0.4) is 0 Å². The van der Waals surface area contributed by atoms with Crippen LogP contribution in [0.25, 0.3) is 0 Å². The zero-order valence-corrected chi connectivity index (χ0v) is 11.2. The van der Waals surface area contributed by atoms with Crippen LogP contribution in [0.15, 0.2) is 39.4 Å². The fourth-order valence-corrected chi connectivity index (χ4v) is 2.22. The van der Waals surface area contributed by atoms with Crippen molar-refractivity contribution in [1.82, 2.24) is 5.32 Å². The molecule has 0 aliphatic rings. The van der Waals surface area contributed by atoms with Crippen molar-refractivity contribution in [1.29, 1.82) is 0 Å². The van der Waals surface area contributed by atoms with E-state index in [0.717, 1.165) is 15.8 Å². The van der Waals surface area contributed by atoms with Gasteiger partial charge in [-0.3, -0.25) is 0 Å². The van der Waals surface area contributed by atoms with Crippen LogP contribution in [0.2, 0.25) is 0 Å². The average molecular weight is 298 g/mol. The van der Waals surface area contributed by atoms with Gasteiger partial charge in [0.1, 0.15) is 11.6 Å². The SMILES string of the molecule is CNC(c1cc(Br)ccc1F)c1occc1C. The zero-order valence-electron chi connectivity index (χ0n) is 9.63. The van der Waals surface area contributed by atoms with Crippen LogP contribution in [0.5, 0.6) is 0 Å². The van der Waals surface area contributed by atoms with Crippen LogP contribution in [0.4, 0.5) is 4.39 Å². The van der Waals surface area contributed by atoms with Gasteiger partial charge in [-0.25, -0.2) is 4.39 Å². The molecule has 0 saturated carbocycles. The summed E-state index contributed by atoms with van der Waals surface area (Å²) in [4.78, 5) is 0. The zero-order chi connectivity index (χ0) is 12.4. The van der Waals surface area contributed by atoms with E-state index in [2.05, 4.69) is 21.2 Å². The molecule has 2 aromatic rings. The maximum atomic E-state index is 13.8. The molecule has 17 heavy (non-hydrogen) atoms. The predicted octanol–water partition coefficient (Wildman–Crippen LogP) is 3.80. The molecular formula is C13H13BrFNO. The van der Waals surface area contributed by atoms with Crippen LogP contribution in [0, 0.1) is 12.7 Å². The third-order valence-electron chi connectivity index (χ3n) is 2.72. The molecule has 2 rings (SSSR count). The first kappa shape index (κ1) is 12.3. The first-order valence-corrected chi connectivity index (χ1v) is 6.09. The lowest BCUT2D eigenvalue weighted by atomic mass is 10.0. The van der Waals surface area contributed by atoms with Gasteiger partial charge >= 0.3 is 0 Å². The molecule has 1 aromatic carbocycles. The second-order valence-electron chi connectivity index (χ2n) is 3.86. The second-order valence-corrected chi connectivity index (χ2v) is 4.77. The Bertz CT molecular complexity index is 524. The standard InChI is InChI=1S/C13H13BrFNO/c1-8-5-6-17-13(8)12(16-2)10-7-9(14)3-4-11(10)15/h3-7,12,16H,1-2H3. The normalized spacial score (nSPS) is 12.7. The molecule has 0 bridgehead atoms. The number of benzene rings is 1. The molecule has 90 valence electrons. The molecule has 1 unspecified atom stereocenters. The number of furan rings is 1. The van der Waals surface area contributed by atoms with Crippen LogP contribution in [-0.2, 0) is 0 Å². The summed E-state index contributed by atoms with van der Waals surface area (Å²) in [6.45, 7) is 1.94. The highest BCUT2D eigenvalue weighted by Gasteiger charge is 2.20. The lowest BCUT2D eigenvalue weighted by Gasteiger charge is -2.16. The van der Waals surface area contributed by atoms with Crippen molar-refractivity contribution in [3.8, 4) is 0 Å². The molecule has 0 amide bonds. The van der Waals surface area contributed by atoms with Gasteiger partial charge < -0.3 is 9.73 Å². The number of rotatable bonds is 3.